The Labute approximate surface area is 87.3 Å². The summed E-state index contributed by atoms with van der Waals surface area (Å²) in [5, 5.41) is 8.56. The predicted molar refractivity (Wildman–Crippen MR) is 57.9 cm³/mol. The van der Waals surface area contributed by atoms with Crippen LogP contribution in [0.5, 0.6) is 0 Å². The summed E-state index contributed by atoms with van der Waals surface area (Å²) in [6.45, 7) is 0.214. The number of hydrogen-bond acceptors (Lipinski definition) is 3. The lowest BCUT2D eigenvalue weighted by atomic mass is 10.3. The number of unbranched alkanes of at least 4 members (excludes halogenated alkanes) is 1. The molecule has 0 saturated carbocycles. The largest absolute Gasteiger partial charge is 0.399 e. The number of halogens is 1. The molecule has 4 heteroatoms. The van der Waals surface area contributed by atoms with E-state index in [2.05, 4.69) is 0 Å². The zero-order valence-corrected chi connectivity index (χ0v) is 8.69. The number of anilines is 1. The molecule has 78 valence electrons. The van der Waals surface area contributed by atoms with Gasteiger partial charge in [0.25, 0.3) is 0 Å². The Morgan fingerprint density at radius 2 is 2.07 bits per heavy atom. The molecule has 3 N–H and O–H groups in total. The van der Waals surface area contributed by atoms with Gasteiger partial charge in [-0.3, -0.25) is 0 Å². The smallest absolute Gasteiger partial charge is 0.126 e. The Balaban J connectivity index is 2.42. The average Bonchev–Trinajstić information content (AvgIpc) is 2.11. The molecule has 0 aliphatic heterocycles. The fourth-order valence-corrected chi connectivity index (χ4v) is 2.07. The molecule has 1 aromatic carbocycles. The fourth-order valence-electron chi connectivity index (χ4n) is 1.07. The number of nitrogens with two attached hydrogens (primary N) is 1. The van der Waals surface area contributed by atoms with Crippen molar-refractivity contribution >= 4 is 17.4 Å². The second-order valence-electron chi connectivity index (χ2n) is 3.00. The van der Waals surface area contributed by atoms with E-state index in [0.29, 0.717) is 5.69 Å². The summed E-state index contributed by atoms with van der Waals surface area (Å²) >= 11 is 1.56. The van der Waals surface area contributed by atoms with Crippen molar-refractivity contribution in [2.24, 2.45) is 0 Å². The molecule has 0 unspecified atom stereocenters. The third-order valence-electron chi connectivity index (χ3n) is 1.71. The lowest BCUT2D eigenvalue weighted by molar-refractivity contribution is 0.287. The summed E-state index contributed by atoms with van der Waals surface area (Å²) in [5.74, 6) is 0.582. The number of nitrogen functional groups attached to an aromatic ring is 1. The second kappa shape index (κ2) is 5.88. The minimum Gasteiger partial charge on any atom is -0.399 e. The van der Waals surface area contributed by atoms with Crippen LogP contribution in [0.3, 0.4) is 0 Å². The van der Waals surface area contributed by atoms with Gasteiger partial charge in [-0.1, -0.05) is 0 Å². The molecule has 0 atom stereocenters. The van der Waals surface area contributed by atoms with Crippen LogP contribution in [0.1, 0.15) is 12.8 Å². The molecular weight excluding hydrogens is 201 g/mol. The molecule has 0 heterocycles. The molecule has 0 radical (unpaired) electrons. The first kappa shape index (κ1) is 11.3. The summed E-state index contributed by atoms with van der Waals surface area (Å²) in [7, 11) is 0. The van der Waals surface area contributed by atoms with E-state index in [-0.39, 0.29) is 12.4 Å². The van der Waals surface area contributed by atoms with Crippen molar-refractivity contribution in [3.8, 4) is 0 Å². The van der Waals surface area contributed by atoms with Crippen LogP contribution in [0.2, 0.25) is 0 Å². The maximum atomic E-state index is 12.9. The van der Waals surface area contributed by atoms with E-state index in [9.17, 15) is 4.39 Å². The number of thioether (sulfide) groups is 1. The molecule has 14 heavy (non-hydrogen) atoms. The standard InChI is InChI=1S/C10H14FNOS/c11-8-5-9(12)7-10(6-8)14-4-2-1-3-13/h5-7,13H,1-4,12H2. The molecule has 0 aliphatic rings. The molecule has 2 nitrogen and oxygen atoms in total. The summed E-state index contributed by atoms with van der Waals surface area (Å²) < 4.78 is 12.9. The molecule has 0 aliphatic carbocycles. The molecule has 0 aromatic heterocycles. The van der Waals surface area contributed by atoms with Gasteiger partial charge in [0.15, 0.2) is 0 Å². The summed E-state index contributed by atoms with van der Waals surface area (Å²) in [5.41, 5.74) is 5.95. The normalized spacial score (nSPS) is 10.4. The number of aliphatic hydroxyl groups excluding tert-OH is 1. The molecule has 0 spiro atoms. The SMILES string of the molecule is Nc1cc(F)cc(SCCCCO)c1. The van der Waals surface area contributed by atoms with E-state index in [1.54, 1.807) is 17.8 Å². The maximum absolute atomic E-state index is 12.9. The zero-order chi connectivity index (χ0) is 10.4. The van der Waals surface area contributed by atoms with Crippen molar-refractivity contribution in [2.45, 2.75) is 17.7 Å². The monoisotopic (exact) mass is 215 g/mol. The number of rotatable bonds is 5. The van der Waals surface area contributed by atoms with Gasteiger partial charge in [0, 0.05) is 17.2 Å². The number of benzene rings is 1. The van der Waals surface area contributed by atoms with Gasteiger partial charge in [-0.2, -0.15) is 0 Å². The van der Waals surface area contributed by atoms with Gasteiger partial charge in [0.1, 0.15) is 5.82 Å². The first-order valence-corrected chi connectivity index (χ1v) is 5.50. The highest BCUT2D eigenvalue weighted by molar-refractivity contribution is 7.99. The minimum absolute atomic E-state index is 0.214. The molecule has 1 aromatic rings. The van der Waals surface area contributed by atoms with Crippen molar-refractivity contribution in [1.82, 2.24) is 0 Å². The van der Waals surface area contributed by atoms with E-state index in [1.165, 1.54) is 12.1 Å². The van der Waals surface area contributed by atoms with E-state index in [1.807, 2.05) is 0 Å². The van der Waals surface area contributed by atoms with E-state index < -0.39 is 0 Å². The van der Waals surface area contributed by atoms with E-state index in [0.717, 1.165) is 23.5 Å². The quantitative estimate of drug-likeness (QED) is 0.450. The van der Waals surface area contributed by atoms with Crippen molar-refractivity contribution in [1.29, 1.82) is 0 Å². The first-order chi connectivity index (χ1) is 6.72. The number of aliphatic hydroxyl groups is 1. The summed E-state index contributed by atoms with van der Waals surface area (Å²) in [6, 6.07) is 4.53. The zero-order valence-electron chi connectivity index (χ0n) is 7.87. The molecule has 0 amide bonds. The highest BCUT2D eigenvalue weighted by Crippen LogP contribution is 2.22. The van der Waals surface area contributed by atoms with Gasteiger partial charge in [-0.15, -0.1) is 11.8 Å². The van der Waals surface area contributed by atoms with Crippen molar-refractivity contribution in [2.75, 3.05) is 18.1 Å². The fraction of sp³-hybridized carbons (Fsp3) is 0.400. The van der Waals surface area contributed by atoms with Gasteiger partial charge >= 0.3 is 0 Å². The lowest BCUT2D eigenvalue weighted by Crippen LogP contribution is -1.89. The van der Waals surface area contributed by atoms with Crippen molar-refractivity contribution in [3.63, 3.8) is 0 Å². The molecule has 1 rings (SSSR count). The first-order valence-electron chi connectivity index (χ1n) is 4.52. The summed E-state index contributed by atoms with van der Waals surface area (Å²) in [4.78, 5) is 0.848. The minimum atomic E-state index is -0.297. The van der Waals surface area contributed by atoms with E-state index >= 15 is 0 Å². The van der Waals surface area contributed by atoms with Gasteiger partial charge in [0.05, 0.1) is 0 Å². The third-order valence-corrected chi connectivity index (χ3v) is 2.78. The Bertz CT molecular complexity index is 273. The topological polar surface area (TPSA) is 46.2 Å². The molecule has 0 bridgehead atoms. The van der Waals surface area contributed by atoms with Crippen LogP contribution in [0.15, 0.2) is 23.1 Å². The molecular formula is C10H14FNOS. The van der Waals surface area contributed by atoms with Gasteiger partial charge in [0.2, 0.25) is 0 Å². The van der Waals surface area contributed by atoms with Crippen LogP contribution in [0, 0.1) is 5.82 Å². The van der Waals surface area contributed by atoms with Crippen LogP contribution in [0.4, 0.5) is 10.1 Å². The maximum Gasteiger partial charge on any atom is 0.126 e. The summed E-state index contributed by atoms with van der Waals surface area (Å²) in [6.07, 6.45) is 1.72. The van der Waals surface area contributed by atoms with Crippen molar-refractivity contribution in [3.05, 3.63) is 24.0 Å². The highest BCUT2D eigenvalue weighted by Gasteiger charge is 1.98. The van der Waals surface area contributed by atoms with E-state index in [4.69, 9.17) is 10.8 Å². The second-order valence-corrected chi connectivity index (χ2v) is 4.17. The van der Waals surface area contributed by atoms with Crippen LogP contribution in [-0.2, 0) is 0 Å². The lowest BCUT2D eigenvalue weighted by Gasteiger charge is -2.02. The highest BCUT2D eigenvalue weighted by atomic mass is 32.2. The molecule has 0 fully saturated rings. The average molecular weight is 215 g/mol. The van der Waals surface area contributed by atoms with Crippen LogP contribution >= 0.6 is 11.8 Å². The van der Waals surface area contributed by atoms with Gasteiger partial charge < -0.3 is 10.8 Å². The Kier molecular flexibility index (Phi) is 4.76. The molecule has 0 saturated heterocycles. The van der Waals surface area contributed by atoms with Gasteiger partial charge in [-0.25, -0.2) is 4.39 Å². The number of hydrogen-bond donors (Lipinski definition) is 2. The van der Waals surface area contributed by atoms with Crippen LogP contribution < -0.4 is 5.73 Å². The van der Waals surface area contributed by atoms with Crippen molar-refractivity contribution < 1.29 is 9.50 Å². The predicted octanol–water partition coefficient (Wildman–Crippen LogP) is 2.27. The van der Waals surface area contributed by atoms with Crippen LogP contribution in [0.25, 0.3) is 0 Å². The Hall–Kier alpha value is -0.740. The van der Waals surface area contributed by atoms with Gasteiger partial charge in [-0.05, 0) is 36.8 Å². The Morgan fingerprint density at radius 1 is 1.29 bits per heavy atom. The van der Waals surface area contributed by atoms with Crippen LogP contribution in [-0.4, -0.2) is 17.5 Å². The third kappa shape index (κ3) is 3.98. The Morgan fingerprint density at radius 3 is 2.71 bits per heavy atom.